The third-order valence-electron chi connectivity index (χ3n) is 15.7. The van der Waals surface area contributed by atoms with Crippen molar-refractivity contribution >= 4 is 126 Å². The summed E-state index contributed by atoms with van der Waals surface area (Å²) in [6.45, 7) is 14.0. The van der Waals surface area contributed by atoms with Crippen molar-refractivity contribution in [3.63, 3.8) is 0 Å². The second-order valence-corrected chi connectivity index (χ2v) is 22.8. The number of para-hydroxylation sites is 5. The molecule has 0 amide bonds. The van der Waals surface area contributed by atoms with Gasteiger partial charge in [-0.1, -0.05) is 151 Å². The summed E-state index contributed by atoms with van der Waals surface area (Å²) in [5, 5.41) is 8.93. The summed E-state index contributed by atoms with van der Waals surface area (Å²) in [4.78, 5) is 2.64. The van der Waals surface area contributed by atoms with Crippen LogP contribution in [0.25, 0.3) is 92.6 Å². The van der Waals surface area contributed by atoms with Gasteiger partial charge in [0, 0.05) is 75.4 Å². The molecule has 2 aliphatic heterocycles. The fourth-order valence-electron chi connectivity index (χ4n) is 12.4. The predicted octanol–water partition coefficient (Wildman–Crippen LogP) is 15.4. The second kappa shape index (κ2) is 13.9. The maximum absolute atomic E-state index is 2.65. The van der Waals surface area contributed by atoms with Crippen molar-refractivity contribution in [3.8, 4) is 17.1 Å². The molecule has 334 valence electrons. The lowest BCUT2D eigenvalue weighted by molar-refractivity contribution is 0.590. The molecule has 0 spiro atoms. The molecular weight excluding hydrogens is 868 g/mol. The molecule has 13 aromatic rings. The topological polar surface area (TPSA) is 18.0 Å². The Kier molecular flexibility index (Phi) is 7.98. The fraction of sp³-hybridized carbons (Fsp3) is 0.125. The number of nitrogens with zero attached hydrogens (tertiary/aromatic N) is 4. The van der Waals surface area contributed by atoms with Crippen LogP contribution in [0.5, 0.6) is 0 Å². The van der Waals surface area contributed by atoms with Gasteiger partial charge >= 0.3 is 0 Å². The molecule has 0 radical (unpaired) electrons. The van der Waals surface area contributed by atoms with Crippen LogP contribution in [0.15, 0.2) is 188 Å². The van der Waals surface area contributed by atoms with E-state index in [0.29, 0.717) is 0 Å². The summed E-state index contributed by atoms with van der Waals surface area (Å²) in [7, 11) is 0. The van der Waals surface area contributed by atoms with Gasteiger partial charge < -0.3 is 18.6 Å². The molecule has 0 aliphatic carbocycles. The van der Waals surface area contributed by atoms with Crippen molar-refractivity contribution in [2.75, 3.05) is 4.90 Å². The van der Waals surface area contributed by atoms with Crippen LogP contribution >= 0.6 is 11.3 Å². The Morgan fingerprint density at radius 2 is 0.943 bits per heavy atom. The second-order valence-electron chi connectivity index (χ2n) is 21.8. The van der Waals surface area contributed by atoms with Crippen molar-refractivity contribution in [2.45, 2.75) is 52.4 Å². The first kappa shape index (κ1) is 40.1. The van der Waals surface area contributed by atoms with Crippen LogP contribution in [-0.2, 0) is 10.8 Å². The van der Waals surface area contributed by atoms with Crippen LogP contribution in [0, 0.1) is 0 Å². The molecule has 6 heterocycles. The molecule has 4 nitrogen and oxygen atoms in total. The summed E-state index contributed by atoms with van der Waals surface area (Å²) < 4.78 is 10.3. The van der Waals surface area contributed by atoms with Crippen molar-refractivity contribution < 1.29 is 0 Å². The Balaban J connectivity index is 1.13. The number of hydrogen-bond acceptors (Lipinski definition) is 2. The summed E-state index contributed by atoms with van der Waals surface area (Å²) in [6, 6.07) is 71.5. The van der Waals surface area contributed by atoms with E-state index in [1.54, 1.807) is 0 Å². The van der Waals surface area contributed by atoms with Crippen LogP contribution in [0.3, 0.4) is 0 Å². The van der Waals surface area contributed by atoms with Crippen LogP contribution in [0.2, 0.25) is 0 Å². The molecule has 0 saturated heterocycles. The molecule has 0 atom stereocenters. The number of hydrogen-bond donors (Lipinski definition) is 0. The smallest absolute Gasteiger partial charge is 0.264 e. The van der Waals surface area contributed by atoms with Gasteiger partial charge in [-0.05, 0) is 112 Å². The Bertz CT molecular complexity index is 4320. The van der Waals surface area contributed by atoms with E-state index in [4.69, 9.17) is 0 Å². The minimum atomic E-state index is -0.0140. The van der Waals surface area contributed by atoms with Gasteiger partial charge in [-0.3, -0.25) is 0 Å². The Labute approximate surface area is 411 Å². The Morgan fingerprint density at radius 1 is 0.386 bits per heavy atom. The molecule has 0 bridgehead atoms. The minimum absolute atomic E-state index is 0.0140. The summed E-state index contributed by atoms with van der Waals surface area (Å²) in [6.07, 6.45) is 0. The Morgan fingerprint density at radius 3 is 1.61 bits per heavy atom. The van der Waals surface area contributed by atoms with E-state index < -0.39 is 0 Å². The number of fused-ring (bicyclic) bond motifs is 15. The van der Waals surface area contributed by atoms with Crippen LogP contribution in [0.1, 0.15) is 52.7 Å². The standard InChI is InChI=1S/C64H49BN4S/c1-63(2,3)38-27-30-41(31-28-38)68-56-34-42(67-51-24-13-10-19-43(51)44-20-11-14-25-52(44)67)35-57-59(56)65(62-61(68)49-33-39(64(4,5)6)29-32-58(49)70-62)50-23-16-22-46-48-36-47-45-21-12-15-26-53(45)66(40-17-8-7-9-18-40)54(47)37-55(48)69(57)60(46)50/h7-37H,1-6H3. The maximum atomic E-state index is 2.65. The van der Waals surface area contributed by atoms with E-state index in [1.165, 1.54) is 125 Å². The lowest BCUT2D eigenvalue weighted by Gasteiger charge is -2.39. The summed E-state index contributed by atoms with van der Waals surface area (Å²) >= 11 is 1.98. The zero-order chi connectivity index (χ0) is 46.9. The highest BCUT2D eigenvalue weighted by atomic mass is 32.1. The minimum Gasteiger partial charge on any atom is -0.310 e. The van der Waals surface area contributed by atoms with Gasteiger partial charge in [-0.2, -0.15) is 0 Å². The van der Waals surface area contributed by atoms with Crippen molar-refractivity contribution in [3.05, 3.63) is 199 Å². The zero-order valence-electron chi connectivity index (χ0n) is 40.2. The van der Waals surface area contributed by atoms with E-state index in [1.807, 2.05) is 11.3 Å². The number of aromatic nitrogens is 3. The normalized spacial score (nSPS) is 13.5. The lowest BCUT2D eigenvalue weighted by Crippen LogP contribution is -2.59. The molecule has 4 aromatic heterocycles. The fourth-order valence-corrected chi connectivity index (χ4v) is 13.7. The molecule has 0 saturated carbocycles. The van der Waals surface area contributed by atoms with Crippen molar-refractivity contribution in [1.82, 2.24) is 13.7 Å². The Hall–Kier alpha value is -7.80. The first-order chi connectivity index (χ1) is 34.0. The highest BCUT2D eigenvalue weighted by molar-refractivity contribution is 7.33. The highest BCUT2D eigenvalue weighted by Gasteiger charge is 2.45. The average Bonchev–Trinajstić information content (AvgIpc) is 4.11. The van der Waals surface area contributed by atoms with Crippen molar-refractivity contribution in [2.24, 2.45) is 0 Å². The average molecular weight is 917 g/mol. The number of benzene rings is 9. The summed E-state index contributed by atoms with van der Waals surface area (Å²) in [5.41, 5.74) is 20.0. The van der Waals surface area contributed by atoms with E-state index in [0.717, 1.165) is 11.4 Å². The van der Waals surface area contributed by atoms with E-state index in [9.17, 15) is 0 Å². The first-order valence-electron chi connectivity index (χ1n) is 24.7. The van der Waals surface area contributed by atoms with Crippen molar-refractivity contribution in [1.29, 1.82) is 0 Å². The number of anilines is 3. The third kappa shape index (κ3) is 5.37. The molecule has 0 fully saturated rings. The monoisotopic (exact) mass is 916 g/mol. The third-order valence-corrected chi connectivity index (χ3v) is 16.9. The molecule has 0 N–H and O–H groups in total. The molecule has 0 unspecified atom stereocenters. The van der Waals surface area contributed by atoms with E-state index in [-0.39, 0.29) is 17.5 Å². The lowest BCUT2D eigenvalue weighted by atomic mass is 9.36. The van der Waals surface area contributed by atoms with Gasteiger partial charge in [0.2, 0.25) is 0 Å². The quantitative estimate of drug-likeness (QED) is 0.162. The summed E-state index contributed by atoms with van der Waals surface area (Å²) in [5.74, 6) is 0. The molecular formula is C64H49BN4S. The van der Waals surface area contributed by atoms with Gasteiger partial charge in [0.15, 0.2) is 0 Å². The molecule has 6 heteroatoms. The predicted molar refractivity (Wildman–Crippen MR) is 302 cm³/mol. The van der Waals surface area contributed by atoms with Gasteiger partial charge in [0.1, 0.15) is 0 Å². The molecule has 70 heavy (non-hydrogen) atoms. The van der Waals surface area contributed by atoms with Crippen LogP contribution in [-0.4, -0.2) is 20.4 Å². The van der Waals surface area contributed by atoms with E-state index in [2.05, 4.69) is 248 Å². The number of rotatable bonds is 3. The number of thiophene rings is 1. The van der Waals surface area contributed by atoms with Crippen LogP contribution < -0.4 is 20.6 Å². The molecule has 9 aromatic carbocycles. The maximum Gasteiger partial charge on any atom is 0.264 e. The molecule has 2 aliphatic rings. The van der Waals surface area contributed by atoms with Crippen LogP contribution in [0.4, 0.5) is 17.1 Å². The molecule has 15 rings (SSSR count). The van der Waals surface area contributed by atoms with E-state index >= 15 is 0 Å². The SMILES string of the molecule is CC(C)(C)c1ccc(N2c3cc(-n4c5ccccc5c5ccccc54)cc4c3B(c3sc5ccc(C(C)(C)C)cc5c32)c2cccc3c5cc6c7ccccc7n(-c7ccccc7)c6cc5n-4c23)cc1. The van der Waals surface area contributed by atoms with Gasteiger partial charge in [0.05, 0.1) is 39.0 Å². The first-order valence-corrected chi connectivity index (χ1v) is 25.5. The van der Waals surface area contributed by atoms with Gasteiger partial charge in [-0.15, -0.1) is 11.3 Å². The zero-order valence-corrected chi connectivity index (χ0v) is 41.0. The van der Waals surface area contributed by atoms with Gasteiger partial charge in [0.25, 0.3) is 6.71 Å². The highest BCUT2D eigenvalue weighted by Crippen LogP contribution is 2.49. The largest absolute Gasteiger partial charge is 0.310 e. The van der Waals surface area contributed by atoms with Gasteiger partial charge in [-0.25, -0.2) is 0 Å².